The highest BCUT2D eigenvalue weighted by atomic mass is 16.5. The summed E-state index contributed by atoms with van der Waals surface area (Å²) >= 11 is 0. The van der Waals surface area contributed by atoms with Gasteiger partial charge in [-0.1, -0.05) is 71.6 Å². The molecule has 3 fully saturated rings. The molecule has 8 atom stereocenters. The molecule has 0 saturated heterocycles. The number of anilines is 1. The van der Waals surface area contributed by atoms with Crippen molar-refractivity contribution in [3.8, 4) is 5.75 Å². The Morgan fingerprint density at radius 3 is 2.60 bits per heavy atom. The van der Waals surface area contributed by atoms with Crippen LogP contribution in [-0.2, 0) is 9.53 Å². The van der Waals surface area contributed by atoms with Crippen LogP contribution in [0.4, 0.5) is 5.69 Å². The van der Waals surface area contributed by atoms with Crippen molar-refractivity contribution in [2.24, 2.45) is 46.3 Å². The third kappa shape index (κ3) is 7.30. The van der Waals surface area contributed by atoms with Crippen molar-refractivity contribution in [2.45, 2.75) is 137 Å². The largest absolute Gasteiger partial charge is 0.494 e. The normalized spacial score (nSPS) is 34.1. The Kier molecular flexibility index (Phi) is 10.5. The molecule has 1 aromatic rings. The average molecular weight is 592 g/mol. The molecule has 0 bridgehead atoms. The molecule has 0 aliphatic heterocycles. The summed E-state index contributed by atoms with van der Waals surface area (Å²) in [5.41, 5.74) is 8.98. The Bertz CT molecular complexity index is 1110. The van der Waals surface area contributed by atoms with E-state index in [9.17, 15) is 4.79 Å². The molecule has 0 radical (unpaired) electrons. The fourth-order valence-corrected chi connectivity index (χ4v) is 10.3. The van der Waals surface area contributed by atoms with Crippen LogP contribution in [0.3, 0.4) is 0 Å². The summed E-state index contributed by atoms with van der Waals surface area (Å²) in [6.07, 6.45) is 20.3. The fraction of sp³-hybridized carbons (Fsp3) is 0.769. The summed E-state index contributed by atoms with van der Waals surface area (Å²) in [6, 6.07) is 7.54. The minimum absolute atomic E-state index is 0.0208. The highest BCUT2D eigenvalue weighted by Gasteiger charge is 2.59. The van der Waals surface area contributed by atoms with Gasteiger partial charge in [-0.2, -0.15) is 0 Å². The molecular formula is C39H61NO3. The lowest BCUT2D eigenvalue weighted by Crippen LogP contribution is -2.51. The SMILES string of the molecule is CC(C)CCC[C@@H](C)[C@H]1CC[C@H]2[C@@H]3CC=C4C[C@@H](OC(=O)CCCCCOc5cccc(N)c5)CC[C@]4(C)[C@H]3CC[C@]12C. The second kappa shape index (κ2) is 14.0. The van der Waals surface area contributed by atoms with E-state index in [0.29, 0.717) is 29.5 Å². The molecule has 4 aliphatic rings. The van der Waals surface area contributed by atoms with Gasteiger partial charge in [0.2, 0.25) is 0 Å². The molecule has 5 rings (SSSR count). The van der Waals surface area contributed by atoms with Crippen LogP contribution < -0.4 is 10.5 Å². The van der Waals surface area contributed by atoms with Crippen molar-refractivity contribution in [2.75, 3.05) is 12.3 Å². The number of fused-ring (bicyclic) bond motifs is 5. The Balaban J connectivity index is 1.08. The van der Waals surface area contributed by atoms with Crippen molar-refractivity contribution >= 4 is 11.7 Å². The molecule has 4 heteroatoms. The molecule has 240 valence electrons. The van der Waals surface area contributed by atoms with Crippen LogP contribution >= 0.6 is 0 Å². The summed E-state index contributed by atoms with van der Waals surface area (Å²) < 4.78 is 11.8. The van der Waals surface area contributed by atoms with E-state index in [1.54, 1.807) is 5.57 Å². The zero-order chi connectivity index (χ0) is 30.6. The van der Waals surface area contributed by atoms with Crippen molar-refractivity contribution in [3.05, 3.63) is 35.9 Å². The molecule has 0 spiro atoms. The van der Waals surface area contributed by atoms with Gasteiger partial charge in [-0.25, -0.2) is 0 Å². The van der Waals surface area contributed by atoms with Crippen LogP contribution in [0.2, 0.25) is 0 Å². The van der Waals surface area contributed by atoms with E-state index in [2.05, 4.69) is 40.7 Å². The van der Waals surface area contributed by atoms with Gasteiger partial charge in [-0.3, -0.25) is 4.79 Å². The lowest BCUT2D eigenvalue weighted by atomic mass is 9.47. The molecular weight excluding hydrogens is 530 g/mol. The minimum Gasteiger partial charge on any atom is -0.494 e. The Labute approximate surface area is 262 Å². The number of rotatable bonds is 13. The van der Waals surface area contributed by atoms with E-state index in [1.807, 2.05) is 24.3 Å². The number of nitrogen functional groups attached to an aromatic ring is 1. The number of hydrogen-bond donors (Lipinski definition) is 1. The monoisotopic (exact) mass is 591 g/mol. The molecule has 4 aliphatic carbocycles. The van der Waals surface area contributed by atoms with Gasteiger partial charge in [-0.15, -0.1) is 0 Å². The topological polar surface area (TPSA) is 61.5 Å². The van der Waals surface area contributed by atoms with Crippen LogP contribution in [0, 0.1) is 46.3 Å². The summed E-state index contributed by atoms with van der Waals surface area (Å²) in [5.74, 6) is 5.95. The zero-order valence-corrected chi connectivity index (χ0v) is 28.0. The maximum absolute atomic E-state index is 12.7. The summed E-state index contributed by atoms with van der Waals surface area (Å²) in [5, 5.41) is 0. The molecule has 3 saturated carbocycles. The van der Waals surface area contributed by atoms with Crippen LogP contribution in [0.5, 0.6) is 5.75 Å². The number of carbonyl (C=O) groups is 1. The molecule has 0 aromatic heterocycles. The molecule has 1 aromatic carbocycles. The third-order valence-corrected chi connectivity index (χ3v) is 12.7. The van der Waals surface area contributed by atoms with Gasteiger partial charge >= 0.3 is 5.97 Å². The summed E-state index contributed by atoms with van der Waals surface area (Å²) in [7, 11) is 0. The third-order valence-electron chi connectivity index (χ3n) is 12.7. The molecule has 4 nitrogen and oxygen atoms in total. The lowest BCUT2D eigenvalue weighted by molar-refractivity contribution is -0.151. The first-order chi connectivity index (χ1) is 20.6. The number of carbonyl (C=O) groups excluding carboxylic acids is 1. The second-order valence-corrected chi connectivity index (χ2v) is 15.9. The number of unbranched alkanes of at least 4 members (excludes halogenated alkanes) is 2. The lowest BCUT2D eigenvalue weighted by Gasteiger charge is -2.58. The number of esters is 1. The van der Waals surface area contributed by atoms with Gasteiger partial charge in [0, 0.05) is 24.6 Å². The zero-order valence-electron chi connectivity index (χ0n) is 28.0. The standard InChI is InChI=1S/C39H61NO3/c1-27(2)11-9-12-28(3)34-18-19-35-33-17-16-29-25-32(20-22-38(29,4)36(33)21-23-39(34,35)5)43-37(41)15-7-6-8-24-42-31-14-10-13-30(40)26-31/h10,13-14,16,26-28,32-36H,6-9,11-12,15,17-25,40H2,1-5H3/t28-,32+,33+,34-,35+,36+,38+,39-/m1/s1. The van der Waals surface area contributed by atoms with Crippen molar-refractivity contribution in [1.29, 1.82) is 0 Å². The average Bonchev–Trinajstić information content (AvgIpc) is 3.32. The van der Waals surface area contributed by atoms with Gasteiger partial charge in [0.15, 0.2) is 0 Å². The highest BCUT2D eigenvalue weighted by Crippen LogP contribution is 2.67. The van der Waals surface area contributed by atoms with Gasteiger partial charge in [0.1, 0.15) is 11.9 Å². The van der Waals surface area contributed by atoms with Gasteiger partial charge < -0.3 is 15.2 Å². The maximum Gasteiger partial charge on any atom is 0.306 e. The van der Waals surface area contributed by atoms with Crippen LogP contribution in [-0.4, -0.2) is 18.7 Å². The van der Waals surface area contributed by atoms with E-state index in [-0.39, 0.29) is 12.1 Å². The summed E-state index contributed by atoms with van der Waals surface area (Å²) in [6.45, 7) is 13.2. The molecule has 0 amide bonds. The van der Waals surface area contributed by atoms with E-state index < -0.39 is 0 Å². The molecule has 2 N–H and O–H groups in total. The number of allylic oxidation sites excluding steroid dienone is 1. The Morgan fingerprint density at radius 2 is 1.81 bits per heavy atom. The molecule has 43 heavy (non-hydrogen) atoms. The van der Waals surface area contributed by atoms with Gasteiger partial charge in [0.05, 0.1) is 6.61 Å². The first kappa shape index (κ1) is 32.4. The highest BCUT2D eigenvalue weighted by molar-refractivity contribution is 5.69. The van der Waals surface area contributed by atoms with E-state index >= 15 is 0 Å². The van der Waals surface area contributed by atoms with Crippen molar-refractivity contribution < 1.29 is 14.3 Å². The first-order valence-corrected chi connectivity index (χ1v) is 18.0. The predicted molar refractivity (Wildman–Crippen MR) is 178 cm³/mol. The second-order valence-electron chi connectivity index (χ2n) is 15.9. The minimum atomic E-state index is -0.0208. The molecule has 0 heterocycles. The Morgan fingerprint density at radius 1 is 0.977 bits per heavy atom. The van der Waals surface area contributed by atoms with Crippen LogP contribution in [0.25, 0.3) is 0 Å². The van der Waals surface area contributed by atoms with Crippen molar-refractivity contribution in [3.63, 3.8) is 0 Å². The Hall–Kier alpha value is -1.97. The fourth-order valence-electron chi connectivity index (χ4n) is 10.3. The summed E-state index contributed by atoms with van der Waals surface area (Å²) in [4.78, 5) is 12.7. The number of nitrogens with two attached hydrogens (primary N) is 1. The molecule has 0 unspecified atom stereocenters. The first-order valence-electron chi connectivity index (χ1n) is 18.0. The maximum atomic E-state index is 12.7. The van der Waals surface area contributed by atoms with Crippen LogP contribution in [0.15, 0.2) is 35.9 Å². The predicted octanol–water partition coefficient (Wildman–Crippen LogP) is 10.2. The van der Waals surface area contributed by atoms with E-state index in [4.69, 9.17) is 15.2 Å². The van der Waals surface area contributed by atoms with E-state index in [0.717, 1.165) is 73.4 Å². The number of ether oxygens (including phenoxy) is 2. The van der Waals surface area contributed by atoms with Crippen LogP contribution in [0.1, 0.15) is 131 Å². The van der Waals surface area contributed by atoms with Gasteiger partial charge in [0.25, 0.3) is 0 Å². The van der Waals surface area contributed by atoms with Crippen molar-refractivity contribution in [1.82, 2.24) is 0 Å². The van der Waals surface area contributed by atoms with E-state index in [1.165, 1.54) is 57.8 Å². The number of benzene rings is 1. The smallest absolute Gasteiger partial charge is 0.306 e. The quantitative estimate of drug-likeness (QED) is 0.107. The van der Waals surface area contributed by atoms with Gasteiger partial charge in [-0.05, 0) is 123 Å². The number of hydrogen-bond acceptors (Lipinski definition) is 4.